The van der Waals surface area contributed by atoms with Crippen molar-refractivity contribution in [2.75, 3.05) is 20.3 Å². The van der Waals surface area contributed by atoms with E-state index < -0.39 is 0 Å². The van der Waals surface area contributed by atoms with Crippen LogP contribution in [0.25, 0.3) is 0 Å². The minimum atomic E-state index is 0.584. The molecule has 1 aromatic rings. The average molecular weight is 212 g/mol. The third-order valence-electron chi connectivity index (χ3n) is 1.83. The predicted octanol–water partition coefficient (Wildman–Crippen LogP) is 0.670. The molecule has 0 unspecified atom stereocenters. The summed E-state index contributed by atoms with van der Waals surface area (Å²) >= 11 is 0. The van der Waals surface area contributed by atoms with Crippen molar-refractivity contribution in [3.05, 3.63) is 12.2 Å². The Morgan fingerprint density at radius 3 is 3.00 bits per heavy atom. The zero-order valence-electron chi connectivity index (χ0n) is 9.73. The van der Waals surface area contributed by atoms with Crippen molar-refractivity contribution in [1.82, 2.24) is 20.1 Å². The van der Waals surface area contributed by atoms with Crippen LogP contribution in [0.3, 0.4) is 0 Å². The fourth-order valence-electron chi connectivity index (χ4n) is 1.16. The largest absolute Gasteiger partial charge is 0.379 e. The molecule has 0 saturated carbocycles. The van der Waals surface area contributed by atoms with E-state index in [4.69, 9.17) is 4.74 Å². The van der Waals surface area contributed by atoms with Crippen molar-refractivity contribution in [2.24, 2.45) is 5.92 Å². The fourth-order valence-corrected chi connectivity index (χ4v) is 1.16. The van der Waals surface area contributed by atoms with Crippen LogP contribution in [-0.4, -0.2) is 35.0 Å². The zero-order valence-corrected chi connectivity index (χ0v) is 9.73. The molecule has 0 fully saturated rings. The molecule has 86 valence electrons. The first-order valence-corrected chi connectivity index (χ1v) is 5.33. The van der Waals surface area contributed by atoms with Crippen molar-refractivity contribution in [2.45, 2.75) is 26.9 Å². The fraction of sp³-hybridized carbons (Fsp3) is 0.800. The maximum absolute atomic E-state index is 5.46. The Morgan fingerprint density at radius 1 is 1.53 bits per heavy atom. The van der Waals surface area contributed by atoms with Crippen LogP contribution in [0.5, 0.6) is 0 Å². The third kappa shape index (κ3) is 4.90. The van der Waals surface area contributed by atoms with Crippen LogP contribution in [0.2, 0.25) is 0 Å². The van der Waals surface area contributed by atoms with E-state index in [-0.39, 0.29) is 0 Å². The first-order valence-electron chi connectivity index (χ1n) is 5.33. The van der Waals surface area contributed by atoms with E-state index in [2.05, 4.69) is 29.2 Å². The molecule has 0 aliphatic rings. The van der Waals surface area contributed by atoms with Crippen LogP contribution in [0.4, 0.5) is 0 Å². The predicted molar refractivity (Wildman–Crippen MR) is 58.4 cm³/mol. The molecular weight excluding hydrogens is 192 g/mol. The Bertz CT molecular complexity index is 272. The summed E-state index contributed by atoms with van der Waals surface area (Å²) in [6, 6.07) is 0. The first kappa shape index (κ1) is 12.1. The highest BCUT2D eigenvalue weighted by molar-refractivity contribution is 4.79. The summed E-state index contributed by atoms with van der Waals surface area (Å²) in [6.07, 6.45) is 1.74. The minimum Gasteiger partial charge on any atom is -0.379 e. The van der Waals surface area contributed by atoms with Gasteiger partial charge in [-0.25, -0.2) is 4.98 Å². The van der Waals surface area contributed by atoms with Gasteiger partial charge in [0.15, 0.2) is 5.82 Å². The van der Waals surface area contributed by atoms with Gasteiger partial charge in [0.1, 0.15) is 6.33 Å². The molecule has 5 heteroatoms. The highest BCUT2D eigenvalue weighted by Gasteiger charge is 1.99. The van der Waals surface area contributed by atoms with Gasteiger partial charge in [-0.15, -0.1) is 0 Å². The van der Waals surface area contributed by atoms with Gasteiger partial charge in [0.2, 0.25) is 0 Å². The van der Waals surface area contributed by atoms with Crippen molar-refractivity contribution in [3.63, 3.8) is 0 Å². The monoisotopic (exact) mass is 212 g/mol. The molecule has 5 nitrogen and oxygen atoms in total. The van der Waals surface area contributed by atoms with Gasteiger partial charge in [0, 0.05) is 6.61 Å². The lowest BCUT2D eigenvalue weighted by atomic mass is 10.2. The molecule has 15 heavy (non-hydrogen) atoms. The summed E-state index contributed by atoms with van der Waals surface area (Å²) in [5, 5.41) is 7.29. The van der Waals surface area contributed by atoms with Gasteiger partial charge < -0.3 is 10.1 Å². The zero-order chi connectivity index (χ0) is 11.1. The van der Waals surface area contributed by atoms with Crippen molar-refractivity contribution < 1.29 is 4.74 Å². The van der Waals surface area contributed by atoms with E-state index in [1.165, 1.54) is 0 Å². The molecule has 1 aromatic heterocycles. The normalized spacial score (nSPS) is 11.2. The number of aromatic nitrogens is 3. The van der Waals surface area contributed by atoms with Gasteiger partial charge in [0.25, 0.3) is 0 Å². The molecule has 0 aliphatic heterocycles. The first-order chi connectivity index (χ1) is 7.22. The second kappa shape index (κ2) is 6.53. The molecule has 0 saturated heterocycles. The highest BCUT2D eigenvalue weighted by atomic mass is 16.5. The SMILES string of the molecule is CNCc1ncn(CCOCC(C)C)n1. The number of ether oxygens (including phenoxy) is 1. The molecule has 0 amide bonds. The summed E-state index contributed by atoms with van der Waals surface area (Å²) < 4.78 is 7.28. The van der Waals surface area contributed by atoms with Crippen molar-refractivity contribution >= 4 is 0 Å². The molecular formula is C10H20N4O. The van der Waals surface area contributed by atoms with Gasteiger partial charge in [-0.2, -0.15) is 5.10 Å². The van der Waals surface area contributed by atoms with Gasteiger partial charge >= 0.3 is 0 Å². The van der Waals surface area contributed by atoms with E-state index in [0.717, 1.165) is 19.0 Å². The summed E-state index contributed by atoms with van der Waals surface area (Å²) in [7, 11) is 1.88. The number of rotatable bonds is 7. The molecule has 0 aliphatic carbocycles. The van der Waals surface area contributed by atoms with E-state index in [1.807, 2.05) is 11.7 Å². The lowest BCUT2D eigenvalue weighted by Crippen LogP contribution is -2.11. The van der Waals surface area contributed by atoms with Crippen LogP contribution in [0.1, 0.15) is 19.7 Å². The van der Waals surface area contributed by atoms with E-state index in [1.54, 1.807) is 6.33 Å². The van der Waals surface area contributed by atoms with E-state index >= 15 is 0 Å². The number of nitrogens with zero attached hydrogens (tertiary/aromatic N) is 3. The van der Waals surface area contributed by atoms with Crippen molar-refractivity contribution in [3.8, 4) is 0 Å². The molecule has 0 atom stereocenters. The van der Waals surface area contributed by atoms with Crippen LogP contribution in [-0.2, 0) is 17.8 Å². The van der Waals surface area contributed by atoms with Gasteiger partial charge in [-0.3, -0.25) is 4.68 Å². The van der Waals surface area contributed by atoms with Gasteiger partial charge in [-0.1, -0.05) is 13.8 Å². The Hall–Kier alpha value is -0.940. The molecule has 1 rings (SSSR count). The van der Waals surface area contributed by atoms with Crippen LogP contribution < -0.4 is 5.32 Å². The minimum absolute atomic E-state index is 0.584. The molecule has 0 spiro atoms. The number of hydrogen-bond donors (Lipinski definition) is 1. The number of hydrogen-bond acceptors (Lipinski definition) is 4. The Morgan fingerprint density at radius 2 is 2.33 bits per heavy atom. The number of nitrogens with one attached hydrogen (secondary N) is 1. The van der Waals surface area contributed by atoms with Gasteiger partial charge in [0.05, 0.1) is 19.7 Å². The van der Waals surface area contributed by atoms with Crippen LogP contribution in [0.15, 0.2) is 6.33 Å². The molecule has 1 N–H and O–H groups in total. The highest BCUT2D eigenvalue weighted by Crippen LogP contribution is 1.94. The summed E-state index contributed by atoms with van der Waals surface area (Å²) in [5.74, 6) is 1.40. The second-order valence-electron chi connectivity index (χ2n) is 3.92. The molecule has 0 aromatic carbocycles. The maximum Gasteiger partial charge on any atom is 0.164 e. The quantitative estimate of drug-likeness (QED) is 0.675. The molecule has 1 heterocycles. The Balaban J connectivity index is 2.19. The summed E-state index contributed by atoms with van der Waals surface area (Å²) in [5.41, 5.74) is 0. The van der Waals surface area contributed by atoms with Crippen molar-refractivity contribution in [1.29, 1.82) is 0 Å². The lowest BCUT2D eigenvalue weighted by Gasteiger charge is -2.06. The van der Waals surface area contributed by atoms with Crippen LogP contribution in [0, 0.1) is 5.92 Å². The van der Waals surface area contributed by atoms with E-state index in [0.29, 0.717) is 19.1 Å². The molecule has 0 bridgehead atoms. The van der Waals surface area contributed by atoms with E-state index in [9.17, 15) is 0 Å². The average Bonchev–Trinajstić information content (AvgIpc) is 2.61. The third-order valence-corrected chi connectivity index (χ3v) is 1.83. The Labute approximate surface area is 90.8 Å². The Kier molecular flexibility index (Phi) is 5.28. The van der Waals surface area contributed by atoms with Crippen LogP contribution >= 0.6 is 0 Å². The topological polar surface area (TPSA) is 52.0 Å². The summed E-state index contributed by atoms with van der Waals surface area (Å²) in [4.78, 5) is 4.15. The second-order valence-corrected chi connectivity index (χ2v) is 3.92. The standard InChI is InChI=1S/C10H20N4O/c1-9(2)7-15-5-4-14-8-12-10(13-14)6-11-3/h8-9,11H,4-7H2,1-3H3. The summed E-state index contributed by atoms with van der Waals surface area (Å²) in [6.45, 7) is 7.25. The smallest absolute Gasteiger partial charge is 0.164 e. The lowest BCUT2D eigenvalue weighted by molar-refractivity contribution is 0.101. The maximum atomic E-state index is 5.46. The molecule has 0 radical (unpaired) electrons. The van der Waals surface area contributed by atoms with Gasteiger partial charge in [-0.05, 0) is 13.0 Å².